The molecule has 7 nitrogen and oxygen atoms in total. The van der Waals surface area contributed by atoms with E-state index in [1.54, 1.807) is 43.3 Å². The summed E-state index contributed by atoms with van der Waals surface area (Å²) in [6.45, 7) is 2.70. The molecule has 0 spiro atoms. The van der Waals surface area contributed by atoms with E-state index in [0.717, 1.165) is 6.42 Å². The van der Waals surface area contributed by atoms with Gasteiger partial charge in [0.1, 0.15) is 11.5 Å². The van der Waals surface area contributed by atoms with Gasteiger partial charge in [-0.25, -0.2) is 4.98 Å². The van der Waals surface area contributed by atoms with Gasteiger partial charge in [-0.2, -0.15) is 0 Å². The van der Waals surface area contributed by atoms with Crippen LogP contribution in [0.15, 0.2) is 48.7 Å². The number of carboxylic acids is 1. The Labute approximate surface area is 157 Å². The van der Waals surface area contributed by atoms with E-state index in [1.807, 2.05) is 6.07 Å². The van der Waals surface area contributed by atoms with Gasteiger partial charge < -0.3 is 19.9 Å². The highest BCUT2D eigenvalue weighted by Gasteiger charge is 2.35. The minimum Gasteiger partial charge on any atom is -0.481 e. The van der Waals surface area contributed by atoms with Crippen molar-refractivity contribution in [2.45, 2.75) is 24.9 Å². The molecule has 1 aromatic heterocycles. The average Bonchev–Trinajstić information content (AvgIpc) is 3.19. The van der Waals surface area contributed by atoms with Crippen molar-refractivity contribution < 1.29 is 24.2 Å². The minimum absolute atomic E-state index is 0.0415. The van der Waals surface area contributed by atoms with E-state index in [4.69, 9.17) is 9.47 Å². The van der Waals surface area contributed by atoms with Crippen LogP contribution in [0.25, 0.3) is 0 Å². The summed E-state index contributed by atoms with van der Waals surface area (Å²) in [7, 11) is 0. The first-order chi connectivity index (χ1) is 13.0. The molecule has 1 fully saturated rings. The van der Waals surface area contributed by atoms with Crippen molar-refractivity contribution in [3.63, 3.8) is 0 Å². The standard InChI is InChI=1S/C20H22N2O5/c1-20(19(24)25,15-5-3-2-4-6-15)13-22-18(23)14-7-9-21-17(11-14)27-16-8-10-26-12-16/h2-7,9,11,16H,8,10,12-13H2,1H3,(H,22,23)(H,24,25). The molecule has 1 aromatic carbocycles. The van der Waals surface area contributed by atoms with Crippen LogP contribution in [0, 0.1) is 0 Å². The Kier molecular flexibility index (Phi) is 5.71. The predicted octanol–water partition coefficient (Wildman–Crippen LogP) is 2.02. The Morgan fingerprint density at radius 2 is 2.11 bits per heavy atom. The van der Waals surface area contributed by atoms with Crippen molar-refractivity contribution >= 4 is 11.9 Å². The third kappa shape index (κ3) is 4.43. The maximum Gasteiger partial charge on any atom is 0.315 e. The van der Waals surface area contributed by atoms with Crippen LogP contribution < -0.4 is 10.1 Å². The molecule has 1 amide bonds. The monoisotopic (exact) mass is 370 g/mol. The van der Waals surface area contributed by atoms with Gasteiger partial charge in [-0.15, -0.1) is 0 Å². The summed E-state index contributed by atoms with van der Waals surface area (Å²) in [4.78, 5) is 28.5. The number of carboxylic acid groups (broad SMARTS) is 1. The minimum atomic E-state index is -1.23. The van der Waals surface area contributed by atoms with Gasteiger partial charge in [0.05, 0.1) is 13.2 Å². The molecule has 1 saturated heterocycles. The predicted molar refractivity (Wildman–Crippen MR) is 97.9 cm³/mol. The number of carbonyl (C=O) groups is 2. The van der Waals surface area contributed by atoms with Crippen LogP contribution in [0.5, 0.6) is 5.88 Å². The first-order valence-electron chi connectivity index (χ1n) is 8.76. The molecule has 0 aliphatic carbocycles. The summed E-state index contributed by atoms with van der Waals surface area (Å²) in [5.74, 6) is -1.04. The molecule has 0 radical (unpaired) electrons. The van der Waals surface area contributed by atoms with E-state index in [0.29, 0.717) is 30.2 Å². The van der Waals surface area contributed by atoms with Crippen LogP contribution in [-0.2, 0) is 14.9 Å². The van der Waals surface area contributed by atoms with Crippen molar-refractivity contribution in [1.82, 2.24) is 10.3 Å². The number of ether oxygens (including phenoxy) is 2. The Hall–Kier alpha value is -2.93. The van der Waals surface area contributed by atoms with Crippen molar-refractivity contribution in [3.05, 3.63) is 59.8 Å². The summed E-state index contributed by atoms with van der Waals surface area (Å²) in [5, 5.41) is 12.4. The molecule has 2 unspecified atom stereocenters. The molecule has 27 heavy (non-hydrogen) atoms. The van der Waals surface area contributed by atoms with E-state index >= 15 is 0 Å². The molecule has 2 heterocycles. The van der Waals surface area contributed by atoms with Crippen LogP contribution in [-0.4, -0.2) is 47.8 Å². The topological polar surface area (TPSA) is 97.8 Å². The molecule has 1 aliphatic heterocycles. The van der Waals surface area contributed by atoms with E-state index in [-0.39, 0.29) is 18.6 Å². The maximum absolute atomic E-state index is 12.5. The zero-order valence-corrected chi connectivity index (χ0v) is 15.1. The molecular formula is C20H22N2O5. The molecule has 7 heteroatoms. The fourth-order valence-corrected chi connectivity index (χ4v) is 2.86. The normalized spacial score (nSPS) is 18.5. The molecule has 2 N–H and O–H groups in total. The molecule has 2 aromatic rings. The molecule has 0 saturated carbocycles. The van der Waals surface area contributed by atoms with Crippen LogP contribution in [0.3, 0.4) is 0 Å². The Balaban J connectivity index is 1.68. The van der Waals surface area contributed by atoms with Gasteiger partial charge in [-0.05, 0) is 18.6 Å². The lowest BCUT2D eigenvalue weighted by atomic mass is 9.82. The number of nitrogens with one attached hydrogen (secondary N) is 1. The molecule has 3 rings (SSSR count). The third-order valence-corrected chi connectivity index (χ3v) is 4.66. The fraction of sp³-hybridized carbons (Fsp3) is 0.350. The smallest absolute Gasteiger partial charge is 0.315 e. The Morgan fingerprint density at radius 3 is 2.78 bits per heavy atom. The number of rotatable bonds is 7. The first-order valence-corrected chi connectivity index (χ1v) is 8.76. The Morgan fingerprint density at radius 1 is 1.33 bits per heavy atom. The number of hydrogen-bond acceptors (Lipinski definition) is 5. The summed E-state index contributed by atoms with van der Waals surface area (Å²) >= 11 is 0. The summed E-state index contributed by atoms with van der Waals surface area (Å²) in [6.07, 6.45) is 2.21. The third-order valence-electron chi connectivity index (χ3n) is 4.66. The number of hydrogen-bond donors (Lipinski definition) is 2. The zero-order chi connectivity index (χ0) is 19.3. The van der Waals surface area contributed by atoms with Gasteiger partial charge in [0.15, 0.2) is 0 Å². The zero-order valence-electron chi connectivity index (χ0n) is 15.1. The number of aliphatic carboxylic acids is 1. The lowest BCUT2D eigenvalue weighted by Gasteiger charge is -2.25. The van der Waals surface area contributed by atoms with Crippen molar-refractivity contribution in [2.75, 3.05) is 19.8 Å². The van der Waals surface area contributed by atoms with E-state index in [2.05, 4.69) is 10.3 Å². The fourth-order valence-electron chi connectivity index (χ4n) is 2.86. The van der Waals surface area contributed by atoms with E-state index < -0.39 is 11.4 Å². The first kappa shape index (κ1) is 18.8. The van der Waals surface area contributed by atoms with Crippen molar-refractivity contribution in [3.8, 4) is 5.88 Å². The van der Waals surface area contributed by atoms with E-state index in [1.165, 1.54) is 6.20 Å². The molecule has 0 bridgehead atoms. The molecule has 2 atom stereocenters. The summed E-state index contributed by atoms with van der Waals surface area (Å²) in [5.41, 5.74) is -0.248. The molecule has 1 aliphatic rings. The SMILES string of the molecule is CC(CNC(=O)c1ccnc(OC2CCOC2)c1)(C(=O)O)c1ccccc1. The second kappa shape index (κ2) is 8.18. The van der Waals surface area contributed by atoms with Crippen LogP contribution in [0.4, 0.5) is 0 Å². The average molecular weight is 370 g/mol. The van der Waals surface area contributed by atoms with Gasteiger partial charge >= 0.3 is 5.97 Å². The highest BCUT2D eigenvalue weighted by molar-refractivity contribution is 5.95. The van der Waals surface area contributed by atoms with E-state index in [9.17, 15) is 14.7 Å². The number of nitrogens with zero attached hydrogens (tertiary/aromatic N) is 1. The number of pyridine rings is 1. The highest BCUT2D eigenvalue weighted by Crippen LogP contribution is 2.23. The van der Waals surface area contributed by atoms with Crippen LogP contribution in [0.1, 0.15) is 29.3 Å². The molecular weight excluding hydrogens is 348 g/mol. The van der Waals surface area contributed by atoms with Crippen LogP contribution in [0.2, 0.25) is 0 Å². The van der Waals surface area contributed by atoms with Crippen molar-refractivity contribution in [1.29, 1.82) is 0 Å². The second-order valence-corrected chi connectivity index (χ2v) is 6.67. The van der Waals surface area contributed by atoms with Crippen molar-refractivity contribution in [2.24, 2.45) is 0 Å². The Bertz CT molecular complexity index is 805. The van der Waals surface area contributed by atoms with Crippen LogP contribution >= 0.6 is 0 Å². The van der Waals surface area contributed by atoms with Gasteiger partial charge in [0.25, 0.3) is 5.91 Å². The van der Waals surface area contributed by atoms with Gasteiger partial charge in [0.2, 0.25) is 5.88 Å². The number of benzene rings is 1. The number of amides is 1. The number of aromatic nitrogens is 1. The van der Waals surface area contributed by atoms with Gasteiger partial charge in [0, 0.05) is 30.8 Å². The lowest BCUT2D eigenvalue weighted by Crippen LogP contribution is -2.44. The summed E-state index contributed by atoms with van der Waals surface area (Å²) in [6, 6.07) is 12.0. The quantitative estimate of drug-likeness (QED) is 0.774. The molecule has 142 valence electrons. The second-order valence-electron chi connectivity index (χ2n) is 6.67. The van der Waals surface area contributed by atoms with Gasteiger partial charge in [-0.1, -0.05) is 30.3 Å². The highest BCUT2D eigenvalue weighted by atomic mass is 16.5. The largest absolute Gasteiger partial charge is 0.481 e. The van der Waals surface area contributed by atoms with Gasteiger partial charge in [-0.3, -0.25) is 9.59 Å². The summed E-state index contributed by atoms with van der Waals surface area (Å²) < 4.78 is 11.0. The maximum atomic E-state index is 12.5. The number of carbonyl (C=O) groups excluding carboxylic acids is 1. The lowest BCUT2D eigenvalue weighted by molar-refractivity contribution is -0.142.